The standard InChI is InChI=1S/C17H21N5O3/c23-11-15-3-1-2-8-21(15)17-9-16(19-12-20-17)18-10-13-4-6-14(7-5-13)22(24)25/h4-7,9,12,15,23H,1-3,8,10-11H2,(H,18,19,20). The minimum Gasteiger partial charge on any atom is -0.394 e. The van der Waals surface area contributed by atoms with E-state index in [1.165, 1.54) is 18.5 Å². The first-order valence-corrected chi connectivity index (χ1v) is 8.34. The van der Waals surface area contributed by atoms with Gasteiger partial charge in [0.1, 0.15) is 18.0 Å². The highest BCUT2D eigenvalue weighted by Crippen LogP contribution is 2.24. The molecule has 1 aromatic heterocycles. The average molecular weight is 343 g/mol. The molecule has 0 bridgehead atoms. The largest absolute Gasteiger partial charge is 0.394 e. The number of benzene rings is 1. The van der Waals surface area contributed by atoms with Gasteiger partial charge in [0.2, 0.25) is 0 Å². The number of nitrogens with one attached hydrogen (secondary N) is 1. The van der Waals surface area contributed by atoms with Gasteiger partial charge in [-0.25, -0.2) is 9.97 Å². The molecule has 2 N–H and O–H groups in total. The van der Waals surface area contributed by atoms with E-state index in [0.29, 0.717) is 12.4 Å². The van der Waals surface area contributed by atoms with Crippen molar-refractivity contribution in [1.82, 2.24) is 9.97 Å². The quantitative estimate of drug-likeness (QED) is 0.613. The van der Waals surface area contributed by atoms with E-state index in [2.05, 4.69) is 20.2 Å². The predicted molar refractivity (Wildman–Crippen MR) is 94.5 cm³/mol. The summed E-state index contributed by atoms with van der Waals surface area (Å²) in [4.78, 5) is 21.0. The van der Waals surface area contributed by atoms with Crippen LogP contribution in [-0.2, 0) is 6.54 Å². The van der Waals surface area contributed by atoms with Crippen molar-refractivity contribution in [2.75, 3.05) is 23.4 Å². The molecule has 1 aliphatic heterocycles. The topological polar surface area (TPSA) is 104 Å². The van der Waals surface area contributed by atoms with Crippen LogP contribution in [0.5, 0.6) is 0 Å². The minimum absolute atomic E-state index is 0.0771. The van der Waals surface area contributed by atoms with Crippen LogP contribution in [-0.4, -0.2) is 39.2 Å². The van der Waals surface area contributed by atoms with Gasteiger partial charge in [0, 0.05) is 31.3 Å². The Morgan fingerprint density at radius 3 is 2.80 bits per heavy atom. The van der Waals surface area contributed by atoms with Crippen molar-refractivity contribution in [3.63, 3.8) is 0 Å². The third kappa shape index (κ3) is 4.21. The van der Waals surface area contributed by atoms with Crippen LogP contribution in [0.15, 0.2) is 36.7 Å². The van der Waals surface area contributed by atoms with E-state index in [4.69, 9.17) is 0 Å². The maximum absolute atomic E-state index is 10.7. The number of aliphatic hydroxyl groups excluding tert-OH is 1. The Morgan fingerprint density at radius 2 is 2.08 bits per heavy atom. The highest BCUT2D eigenvalue weighted by Gasteiger charge is 2.23. The van der Waals surface area contributed by atoms with Gasteiger partial charge in [-0.05, 0) is 24.8 Å². The highest BCUT2D eigenvalue weighted by atomic mass is 16.6. The van der Waals surface area contributed by atoms with Crippen molar-refractivity contribution in [3.8, 4) is 0 Å². The number of piperidine rings is 1. The number of nitro groups is 1. The molecule has 1 unspecified atom stereocenters. The minimum atomic E-state index is -0.413. The zero-order chi connectivity index (χ0) is 17.6. The Morgan fingerprint density at radius 1 is 1.28 bits per heavy atom. The zero-order valence-electron chi connectivity index (χ0n) is 13.8. The number of aliphatic hydroxyl groups is 1. The second-order valence-electron chi connectivity index (χ2n) is 6.06. The van der Waals surface area contributed by atoms with Crippen molar-refractivity contribution < 1.29 is 10.0 Å². The molecule has 0 aliphatic carbocycles. The fraction of sp³-hybridized carbons (Fsp3) is 0.412. The molecule has 0 amide bonds. The van der Waals surface area contributed by atoms with Crippen LogP contribution in [0.2, 0.25) is 0 Å². The molecule has 2 aromatic rings. The predicted octanol–water partition coefficient (Wildman–Crippen LogP) is 2.35. The number of rotatable bonds is 6. The third-order valence-corrected chi connectivity index (χ3v) is 4.41. The smallest absolute Gasteiger partial charge is 0.269 e. The molecule has 25 heavy (non-hydrogen) atoms. The summed E-state index contributed by atoms with van der Waals surface area (Å²) in [6, 6.07) is 8.40. The first-order chi connectivity index (χ1) is 12.2. The molecule has 8 heteroatoms. The number of aromatic nitrogens is 2. The molecule has 1 fully saturated rings. The van der Waals surface area contributed by atoms with Gasteiger partial charge < -0.3 is 15.3 Å². The Hall–Kier alpha value is -2.74. The van der Waals surface area contributed by atoms with Crippen molar-refractivity contribution in [1.29, 1.82) is 0 Å². The van der Waals surface area contributed by atoms with Crippen LogP contribution in [0.4, 0.5) is 17.3 Å². The average Bonchev–Trinajstić information content (AvgIpc) is 2.67. The first kappa shape index (κ1) is 17.1. The van der Waals surface area contributed by atoms with E-state index in [0.717, 1.165) is 37.2 Å². The summed E-state index contributed by atoms with van der Waals surface area (Å²) >= 11 is 0. The molecule has 2 heterocycles. The van der Waals surface area contributed by atoms with Crippen molar-refractivity contribution >= 4 is 17.3 Å². The van der Waals surface area contributed by atoms with Crippen molar-refractivity contribution in [3.05, 3.63) is 52.3 Å². The Kier molecular flexibility index (Phi) is 5.39. The second kappa shape index (κ2) is 7.89. The summed E-state index contributed by atoms with van der Waals surface area (Å²) in [5.41, 5.74) is 1.00. The first-order valence-electron chi connectivity index (χ1n) is 8.34. The van der Waals surface area contributed by atoms with Crippen LogP contribution in [0.25, 0.3) is 0 Å². The van der Waals surface area contributed by atoms with E-state index in [9.17, 15) is 15.2 Å². The lowest BCUT2D eigenvalue weighted by Crippen LogP contribution is -2.42. The van der Waals surface area contributed by atoms with Crippen LogP contribution >= 0.6 is 0 Å². The van der Waals surface area contributed by atoms with E-state index in [-0.39, 0.29) is 18.3 Å². The Labute approximate surface area is 145 Å². The summed E-state index contributed by atoms with van der Waals surface area (Å²) in [5.74, 6) is 1.49. The monoisotopic (exact) mass is 343 g/mol. The molecule has 1 aliphatic rings. The number of anilines is 2. The van der Waals surface area contributed by atoms with Crippen LogP contribution in [0.3, 0.4) is 0 Å². The van der Waals surface area contributed by atoms with Crippen LogP contribution < -0.4 is 10.2 Å². The highest BCUT2D eigenvalue weighted by molar-refractivity contribution is 5.50. The van der Waals surface area contributed by atoms with Crippen LogP contribution in [0.1, 0.15) is 24.8 Å². The summed E-state index contributed by atoms with van der Waals surface area (Å²) in [6.45, 7) is 1.51. The van der Waals surface area contributed by atoms with E-state index < -0.39 is 4.92 Å². The van der Waals surface area contributed by atoms with Gasteiger partial charge in [-0.15, -0.1) is 0 Å². The lowest BCUT2D eigenvalue weighted by atomic mass is 10.0. The van der Waals surface area contributed by atoms with Gasteiger partial charge in [0.15, 0.2) is 0 Å². The van der Waals surface area contributed by atoms with Gasteiger partial charge in [0.05, 0.1) is 17.6 Å². The van der Waals surface area contributed by atoms with Crippen molar-refractivity contribution in [2.45, 2.75) is 31.8 Å². The van der Waals surface area contributed by atoms with Gasteiger partial charge in [-0.3, -0.25) is 10.1 Å². The van der Waals surface area contributed by atoms with Crippen molar-refractivity contribution in [2.24, 2.45) is 0 Å². The zero-order valence-corrected chi connectivity index (χ0v) is 13.8. The summed E-state index contributed by atoms with van der Waals surface area (Å²) in [7, 11) is 0. The maximum atomic E-state index is 10.7. The van der Waals surface area contributed by atoms with Gasteiger partial charge in [0.25, 0.3) is 5.69 Å². The second-order valence-corrected chi connectivity index (χ2v) is 6.06. The molecule has 3 rings (SSSR count). The fourth-order valence-electron chi connectivity index (χ4n) is 3.02. The third-order valence-electron chi connectivity index (χ3n) is 4.41. The van der Waals surface area contributed by atoms with E-state index >= 15 is 0 Å². The molecule has 1 aromatic carbocycles. The van der Waals surface area contributed by atoms with Crippen LogP contribution in [0, 0.1) is 10.1 Å². The molecule has 8 nitrogen and oxygen atoms in total. The molecule has 0 radical (unpaired) electrons. The number of hydrogen-bond acceptors (Lipinski definition) is 7. The molecule has 0 saturated carbocycles. The normalized spacial score (nSPS) is 17.3. The Bertz CT molecular complexity index is 722. The molecule has 1 saturated heterocycles. The van der Waals surface area contributed by atoms with E-state index in [1.807, 2.05) is 6.07 Å². The number of hydrogen-bond donors (Lipinski definition) is 2. The number of non-ortho nitro benzene ring substituents is 1. The maximum Gasteiger partial charge on any atom is 0.269 e. The number of nitro benzene ring substituents is 1. The molecule has 1 atom stereocenters. The van der Waals surface area contributed by atoms with Gasteiger partial charge in [-0.1, -0.05) is 12.1 Å². The lowest BCUT2D eigenvalue weighted by molar-refractivity contribution is -0.384. The summed E-state index contributed by atoms with van der Waals surface area (Å²) in [5, 5.41) is 23.4. The fourth-order valence-corrected chi connectivity index (χ4v) is 3.02. The number of nitrogens with zero attached hydrogens (tertiary/aromatic N) is 4. The lowest BCUT2D eigenvalue weighted by Gasteiger charge is -2.35. The van der Waals surface area contributed by atoms with E-state index in [1.54, 1.807) is 12.1 Å². The molecule has 132 valence electrons. The molecule has 0 spiro atoms. The van der Waals surface area contributed by atoms with Gasteiger partial charge >= 0.3 is 0 Å². The van der Waals surface area contributed by atoms with Gasteiger partial charge in [-0.2, -0.15) is 0 Å². The Balaban J connectivity index is 1.66. The summed E-state index contributed by atoms with van der Waals surface area (Å²) in [6.07, 6.45) is 4.69. The molecular formula is C17H21N5O3. The SMILES string of the molecule is O=[N+]([O-])c1ccc(CNc2cc(N3CCCCC3CO)ncn2)cc1. The molecular weight excluding hydrogens is 322 g/mol. The summed E-state index contributed by atoms with van der Waals surface area (Å²) < 4.78 is 0.